The molecule has 1 rings (SSSR count). The van der Waals surface area contributed by atoms with Crippen LogP contribution in [0.25, 0.3) is 0 Å². The lowest BCUT2D eigenvalue weighted by Crippen LogP contribution is -2.12. The maximum Gasteiger partial charge on any atom is 0.119 e. The Morgan fingerprint density at radius 2 is 2.00 bits per heavy atom. The highest BCUT2D eigenvalue weighted by Crippen LogP contribution is 2.23. The minimum absolute atomic E-state index is 0.390. The molecule has 0 amide bonds. The molecule has 3 nitrogen and oxygen atoms in total. The van der Waals surface area contributed by atoms with Crippen LogP contribution < -0.4 is 5.73 Å². The smallest absolute Gasteiger partial charge is 0.119 e. The van der Waals surface area contributed by atoms with Gasteiger partial charge in [-0.1, -0.05) is 18.1 Å². The Kier molecular flexibility index (Phi) is 4.95. The van der Waals surface area contributed by atoms with Crippen LogP contribution >= 0.6 is 0 Å². The monoisotopic (exact) mass is 190 g/mol. The van der Waals surface area contributed by atoms with Crippen molar-refractivity contribution >= 4 is 13.6 Å². The predicted octanol–water partition coefficient (Wildman–Crippen LogP) is 1.12. The number of hydrogen-bond acceptors (Lipinski definition) is 3. The summed E-state index contributed by atoms with van der Waals surface area (Å²) in [7, 11) is 8.70. The van der Waals surface area contributed by atoms with Crippen molar-refractivity contribution in [2.45, 2.75) is 6.92 Å². The summed E-state index contributed by atoms with van der Waals surface area (Å²) in [6.45, 7) is 5.49. The fourth-order valence-electron chi connectivity index (χ4n) is 1.17. The number of allylic oxidation sites excluding steroid dienone is 4. The second-order valence-corrected chi connectivity index (χ2v) is 2.66. The third-order valence-corrected chi connectivity index (χ3v) is 1.83. The van der Waals surface area contributed by atoms with Crippen molar-refractivity contribution in [3.05, 3.63) is 35.0 Å². The standard InChI is InChI=1S/C9H10BNO.CH5N/c1-5-4-7(10)9(12-3)6(2)8(5)11;1-2/h4,11H,1H2,2-3H3;2H2,1H3. The van der Waals surface area contributed by atoms with E-state index in [1.165, 1.54) is 7.05 Å². The largest absolute Gasteiger partial charge is 0.497 e. The summed E-state index contributed by atoms with van der Waals surface area (Å²) >= 11 is 0. The lowest BCUT2D eigenvalue weighted by atomic mass is 9.83. The molecule has 1 aliphatic rings. The zero-order valence-corrected chi connectivity index (χ0v) is 8.85. The van der Waals surface area contributed by atoms with E-state index in [2.05, 4.69) is 12.3 Å². The van der Waals surface area contributed by atoms with E-state index in [9.17, 15) is 0 Å². The molecule has 0 saturated heterocycles. The highest BCUT2D eigenvalue weighted by Gasteiger charge is 2.16. The fourth-order valence-corrected chi connectivity index (χ4v) is 1.17. The van der Waals surface area contributed by atoms with Crippen LogP contribution in [0.15, 0.2) is 35.0 Å². The van der Waals surface area contributed by atoms with Gasteiger partial charge in [-0.2, -0.15) is 0 Å². The summed E-state index contributed by atoms with van der Waals surface area (Å²) in [6, 6.07) is 0. The maximum absolute atomic E-state index is 7.59. The first-order chi connectivity index (χ1) is 6.57. The zero-order chi connectivity index (χ0) is 11.3. The molecule has 14 heavy (non-hydrogen) atoms. The lowest BCUT2D eigenvalue weighted by molar-refractivity contribution is 0.301. The second kappa shape index (κ2) is 5.45. The van der Waals surface area contributed by atoms with Crippen molar-refractivity contribution in [3.8, 4) is 0 Å². The summed E-state index contributed by atoms with van der Waals surface area (Å²) in [6.07, 6.45) is 1.65. The Bertz CT molecular complexity index is 316. The van der Waals surface area contributed by atoms with Gasteiger partial charge in [-0.25, -0.2) is 0 Å². The van der Waals surface area contributed by atoms with Crippen LogP contribution in [-0.4, -0.2) is 27.7 Å². The molecule has 0 aromatic rings. The van der Waals surface area contributed by atoms with Crippen molar-refractivity contribution in [1.29, 1.82) is 5.41 Å². The highest BCUT2D eigenvalue weighted by atomic mass is 16.5. The Morgan fingerprint density at radius 1 is 1.50 bits per heavy atom. The fraction of sp³-hybridized carbons (Fsp3) is 0.300. The van der Waals surface area contributed by atoms with Gasteiger partial charge in [0.15, 0.2) is 0 Å². The van der Waals surface area contributed by atoms with E-state index >= 15 is 0 Å². The summed E-state index contributed by atoms with van der Waals surface area (Å²) < 4.78 is 5.04. The minimum Gasteiger partial charge on any atom is -0.497 e. The zero-order valence-electron chi connectivity index (χ0n) is 8.85. The Hall–Kier alpha value is -1.29. The second-order valence-electron chi connectivity index (χ2n) is 2.66. The topological polar surface area (TPSA) is 59.1 Å². The average Bonchev–Trinajstić information content (AvgIpc) is 2.18. The summed E-state index contributed by atoms with van der Waals surface area (Å²) in [5.41, 5.74) is 6.80. The van der Waals surface area contributed by atoms with Gasteiger partial charge in [0.05, 0.1) is 12.8 Å². The molecule has 0 aliphatic heterocycles. The van der Waals surface area contributed by atoms with Crippen LogP contribution in [0, 0.1) is 5.41 Å². The molecule has 0 unspecified atom stereocenters. The van der Waals surface area contributed by atoms with E-state index < -0.39 is 0 Å². The van der Waals surface area contributed by atoms with E-state index in [1.807, 2.05) is 0 Å². The summed E-state index contributed by atoms with van der Waals surface area (Å²) in [5, 5.41) is 7.59. The van der Waals surface area contributed by atoms with Crippen LogP contribution in [-0.2, 0) is 4.74 Å². The van der Waals surface area contributed by atoms with Crippen LogP contribution in [0.4, 0.5) is 0 Å². The molecular formula is C10H15BN2O. The van der Waals surface area contributed by atoms with E-state index in [-0.39, 0.29) is 0 Å². The van der Waals surface area contributed by atoms with Crippen LogP contribution in [0.3, 0.4) is 0 Å². The summed E-state index contributed by atoms with van der Waals surface area (Å²) in [5.74, 6) is 0.576. The molecule has 3 N–H and O–H groups in total. The molecule has 0 atom stereocenters. The molecule has 4 heteroatoms. The van der Waals surface area contributed by atoms with Gasteiger partial charge in [-0.05, 0) is 19.5 Å². The van der Waals surface area contributed by atoms with Gasteiger partial charge in [-0.3, -0.25) is 5.41 Å². The first-order valence-corrected chi connectivity index (χ1v) is 4.16. The van der Waals surface area contributed by atoms with Crippen molar-refractivity contribution in [2.75, 3.05) is 14.2 Å². The molecule has 0 aromatic heterocycles. The van der Waals surface area contributed by atoms with Crippen molar-refractivity contribution in [3.63, 3.8) is 0 Å². The van der Waals surface area contributed by atoms with E-state index in [0.29, 0.717) is 22.5 Å². The van der Waals surface area contributed by atoms with Crippen molar-refractivity contribution in [1.82, 2.24) is 0 Å². The average molecular weight is 190 g/mol. The van der Waals surface area contributed by atoms with Crippen molar-refractivity contribution < 1.29 is 4.74 Å². The van der Waals surface area contributed by atoms with Crippen molar-refractivity contribution in [2.24, 2.45) is 5.73 Å². The number of nitrogens with one attached hydrogen (secondary N) is 1. The van der Waals surface area contributed by atoms with E-state index in [4.69, 9.17) is 18.0 Å². The molecule has 0 heterocycles. The molecule has 0 fully saturated rings. The Balaban J connectivity index is 0.000000791. The molecule has 0 saturated carbocycles. The first kappa shape index (κ1) is 12.7. The molecule has 1 aliphatic carbocycles. The molecular weight excluding hydrogens is 175 g/mol. The van der Waals surface area contributed by atoms with Gasteiger partial charge in [-0.15, -0.1) is 0 Å². The predicted molar refractivity (Wildman–Crippen MR) is 60.5 cm³/mol. The van der Waals surface area contributed by atoms with Crippen LogP contribution in [0.2, 0.25) is 0 Å². The molecule has 74 valence electrons. The third-order valence-electron chi connectivity index (χ3n) is 1.83. The number of ether oxygens (including phenoxy) is 1. The minimum atomic E-state index is 0.390. The van der Waals surface area contributed by atoms with Gasteiger partial charge in [0.25, 0.3) is 0 Å². The SMILES string of the molecule is CN.[B]C1=CC(=C)C(=N)C(C)=C1OC. The van der Waals surface area contributed by atoms with Gasteiger partial charge in [0.1, 0.15) is 13.6 Å². The number of nitrogens with two attached hydrogens (primary N) is 1. The van der Waals surface area contributed by atoms with Crippen LogP contribution in [0.1, 0.15) is 6.92 Å². The molecule has 0 aromatic carbocycles. The van der Waals surface area contributed by atoms with Gasteiger partial charge < -0.3 is 10.5 Å². The summed E-state index contributed by atoms with van der Waals surface area (Å²) in [4.78, 5) is 0. The molecule has 0 spiro atoms. The number of methoxy groups -OCH3 is 1. The normalized spacial score (nSPS) is 15.9. The van der Waals surface area contributed by atoms with Gasteiger partial charge >= 0.3 is 0 Å². The Morgan fingerprint density at radius 3 is 2.43 bits per heavy atom. The third kappa shape index (κ3) is 2.36. The number of hydrogen-bond donors (Lipinski definition) is 2. The van der Waals surface area contributed by atoms with Gasteiger partial charge in [0.2, 0.25) is 0 Å². The van der Waals surface area contributed by atoms with Crippen LogP contribution in [0.5, 0.6) is 0 Å². The number of rotatable bonds is 1. The Labute approximate surface area is 86.2 Å². The maximum atomic E-state index is 7.59. The quantitative estimate of drug-likeness (QED) is 0.608. The van der Waals surface area contributed by atoms with E-state index in [0.717, 1.165) is 5.57 Å². The first-order valence-electron chi connectivity index (χ1n) is 4.16. The lowest BCUT2D eigenvalue weighted by Gasteiger charge is -2.18. The highest BCUT2D eigenvalue weighted by molar-refractivity contribution is 6.28. The molecule has 2 radical (unpaired) electrons. The van der Waals surface area contributed by atoms with E-state index in [1.54, 1.807) is 20.1 Å². The van der Waals surface area contributed by atoms with Gasteiger partial charge in [0, 0.05) is 5.57 Å². The molecule has 0 bridgehead atoms.